The first-order valence-electron chi connectivity index (χ1n) is 10.6. The number of benzene rings is 1. The van der Waals surface area contributed by atoms with E-state index in [0.717, 1.165) is 22.3 Å². The number of alkyl halides is 4. The molecule has 1 N–H and O–H groups in total. The molecule has 14 heteroatoms. The number of rotatable bonds is 6. The third-order valence-corrected chi connectivity index (χ3v) is 5.76. The Hall–Kier alpha value is -3.55. The van der Waals surface area contributed by atoms with E-state index in [1.165, 1.54) is 24.1 Å². The molecule has 4 aromatic rings. The molecule has 186 valence electrons. The van der Waals surface area contributed by atoms with E-state index in [2.05, 4.69) is 25.7 Å². The maximum atomic E-state index is 15.2. The molecule has 1 aliphatic heterocycles. The first-order chi connectivity index (χ1) is 16.4. The lowest BCUT2D eigenvalue weighted by Crippen LogP contribution is -2.38. The summed E-state index contributed by atoms with van der Waals surface area (Å²) < 4.78 is 78.3. The lowest BCUT2D eigenvalue weighted by molar-refractivity contribution is 0.00121. The summed E-state index contributed by atoms with van der Waals surface area (Å²) in [5.41, 5.74) is 1.17. The van der Waals surface area contributed by atoms with Gasteiger partial charge in [0, 0.05) is 13.5 Å². The van der Waals surface area contributed by atoms with Crippen molar-refractivity contribution in [3.8, 4) is 17.0 Å². The van der Waals surface area contributed by atoms with Crippen LogP contribution in [-0.4, -0.2) is 79.6 Å². The van der Waals surface area contributed by atoms with E-state index in [9.17, 15) is 17.6 Å². The van der Waals surface area contributed by atoms with Crippen molar-refractivity contribution in [2.45, 2.75) is 31.4 Å². The Morgan fingerprint density at radius 1 is 1.29 bits per heavy atom. The van der Waals surface area contributed by atoms with Gasteiger partial charge in [-0.05, 0) is 24.7 Å². The van der Waals surface area contributed by atoms with Gasteiger partial charge in [-0.3, -0.25) is 4.90 Å². The van der Waals surface area contributed by atoms with E-state index in [1.54, 1.807) is 13.1 Å². The monoisotopic (exact) mass is 496 g/mol. The number of ether oxygens (including phenoxy) is 1. The number of nitrogens with zero attached hydrogens (tertiary/aromatic N) is 7. The molecule has 4 heterocycles. The molecule has 0 amide bonds. The molecule has 1 unspecified atom stereocenters. The molecule has 0 radical (unpaired) electrons. The zero-order valence-electron chi connectivity index (χ0n) is 18.9. The number of methoxy groups -OCH3 is 1. The maximum absolute atomic E-state index is 15.2. The number of fused-ring (bicyclic) bond motifs is 2. The van der Waals surface area contributed by atoms with Crippen molar-refractivity contribution in [1.29, 1.82) is 0 Å². The summed E-state index contributed by atoms with van der Waals surface area (Å²) in [5.74, 6) is -6.94. The quantitative estimate of drug-likeness (QED) is 0.410. The minimum Gasteiger partial charge on any atom is -0.479 e. The Bertz CT molecular complexity index is 1410. The predicted octanol–water partition coefficient (Wildman–Crippen LogP) is 3.31. The molecule has 1 fully saturated rings. The van der Waals surface area contributed by atoms with Gasteiger partial charge in [0.05, 0.1) is 30.9 Å². The predicted molar refractivity (Wildman–Crippen MR) is 116 cm³/mol. The molecule has 0 bridgehead atoms. The van der Waals surface area contributed by atoms with Crippen LogP contribution in [0.4, 0.5) is 27.9 Å². The van der Waals surface area contributed by atoms with Crippen LogP contribution in [0.1, 0.15) is 6.92 Å². The van der Waals surface area contributed by atoms with E-state index < -0.39 is 36.8 Å². The van der Waals surface area contributed by atoms with E-state index in [0.29, 0.717) is 11.1 Å². The van der Waals surface area contributed by atoms with Gasteiger partial charge in [0.2, 0.25) is 11.8 Å². The fourth-order valence-corrected chi connectivity index (χ4v) is 4.29. The molecule has 0 spiro atoms. The second kappa shape index (κ2) is 8.00. The van der Waals surface area contributed by atoms with Gasteiger partial charge < -0.3 is 10.1 Å². The van der Waals surface area contributed by atoms with E-state index in [-0.39, 0.29) is 35.0 Å². The molecule has 1 atom stereocenters. The normalized spacial score (nSPS) is 18.6. The van der Waals surface area contributed by atoms with E-state index in [1.807, 2.05) is 0 Å². The van der Waals surface area contributed by atoms with Gasteiger partial charge in [-0.15, -0.1) is 10.2 Å². The number of likely N-dealkylation sites (tertiary alicyclic amines) is 1. The third-order valence-electron chi connectivity index (χ3n) is 5.76. The molecule has 1 aromatic carbocycles. The van der Waals surface area contributed by atoms with Gasteiger partial charge >= 0.3 is 0 Å². The molecule has 0 aliphatic carbocycles. The summed E-state index contributed by atoms with van der Waals surface area (Å²) in [4.78, 5) is 5.66. The molecule has 9 nitrogen and oxygen atoms in total. The topological polar surface area (TPSA) is 85.4 Å². The number of likely N-dealkylation sites (N-methyl/N-ethyl adjacent to an activating group) is 1. The van der Waals surface area contributed by atoms with Crippen molar-refractivity contribution in [1.82, 2.24) is 34.5 Å². The van der Waals surface area contributed by atoms with Gasteiger partial charge in [0.1, 0.15) is 23.6 Å². The van der Waals surface area contributed by atoms with Crippen molar-refractivity contribution in [3.63, 3.8) is 0 Å². The van der Waals surface area contributed by atoms with Crippen LogP contribution in [-0.2, 0) is 6.54 Å². The Labute approximate surface area is 195 Å². The van der Waals surface area contributed by atoms with Crippen LogP contribution in [0.3, 0.4) is 0 Å². The zero-order chi connectivity index (χ0) is 25.1. The van der Waals surface area contributed by atoms with Crippen molar-refractivity contribution < 1.29 is 26.7 Å². The second-order valence-electron chi connectivity index (χ2n) is 8.77. The largest absolute Gasteiger partial charge is 0.479 e. The number of halogens is 5. The molecule has 0 saturated carbocycles. The van der Waals surface area contributed by atoms with Crippen LogP contribution in [0.15, 0.2) is 24.4 Å². The van der Waals surface area contributed by atoms with Gasteiger partial charge in [0.15, 0.2) is 5.82 Å². The molecule has 1 aliphatic rings. The standard InChI is InChI=1S/C21H21F5N8O/c1-20(23,24)9-34-14-6-11(4-5-13(14)29-31-34)16-12(22)7-33-17(16)18(35-3)28-19(30-33)27-15-8-32(2)10-21(15,25)26/h4-7,15H,8-10H2,1-3H3,(H,27,30). The number of nitrogens with one attached hydrogen (secondary N) is 1. The van der Waals surface area contributed by atoms with Crippen LogP contribution in [0.25, 0.3) is 27.7 Å². The molecule has 3 aromatic heterocycles. The molecule has 1 saturated heterocycles. The first-order valence-corrected chi connectivity index (χ1v) is 10.6. The number of hydrogen-bond acceptors (Lipinski definition) is 7. The Morgan fingerprint density at radius 2 is 2.06 bits per heavy atom. The number of hydrogen-bond donors (Lipinski definition) is 1. The van der Waals surface area contributed by atoms with Crippen molar-refractivity contribution in [2.24, 2.45) is 0 Å². The Kier molecular flexibility index (Phi) is 5.30. The molecule has 35 heavy (non-hydrogen) atoms. The average Bonchev–Trinajstić information content (AvgIpc) is 3.38. The summed E-state index contributed by atoms with van der Waals surface area (Å²) in [7, 11) is 2.89. The molecular weight excluding hydrogens is 475 g/mol. The average molecular weight is 496 g/mol. The van der Waals surface area contributed by atoms with E-state index in [4.69, 9.17) is 4.74 Å². The van der Waals surface area contributed by atoms with E-state index >= 15 is 4.39 Å². The molecular formula is C21H21F5N8O. The van der Waals surface area contributed by atoms with Crippen LogP contribution in [0.5, 0.6) is 5.88 Å². The molecule has 5 rings (SSSR count). The Balaban J connectivity index is 1.58. The SMILES string of the molecule is COc1nc(NC2CN(C)CC2(F)F)nn2cc(F)c(-c3ccc4nnn(CC(C)(F)F)c4c3)c12. The van der Waals surface area contributed by atoms with Gasteiger partial charge in [0.25, 0.3) is 11.8 Å². The summed E-state index contributed by atoms with van der Waals surface area (Å²) in [6, 6.07) is 3.35. The highest BCUT2D eigenvalue weighted by Crippen LogP contribution is 2.36. The lowest BCUT2D eigenvalue weighted by atomic mass is 10.1. The summed E-state index contributed by atoms with van der Waals surface area (Å²) in [6.07, 6.45) is 1.07. The highest BCUT2D eigenvalue weighted by Gasteiger charge is 2.47. The minimum absolute atomic E-state index is 0.0529. The van der Waals surface area contributed by atoms with Crippen LogP contribution in [0.2, 0.25) is 0 Å². The third kappa shape index (κ3) is 4.22. The second-order valence-corrected chi connectivity index (χ2v) is 8.77. The highest BCUT2D eigenvalue weighted by molar-refractivity contribution is 5.89. The Morgan fingerprint density at radius 3 is 2.71 bits per heavy atom. The van der Waals surface area contributed by atoms with Gasteiger partial charge in [-0.2, -0.15) is 4.98 Å². The fourth-order valence-electron chi connectivity index (χ4n) is 4.29. The summed E-state index contributed by atoms with van der Waals surface area (Å²) >= 11 is 0. The van der Waals surface area contributed by atoms with Crippen molar-refractivity contribution >= 4 is 22.5 Å². The maximum Gasteiger partial charge on any atom is 0.281 e. The van der Waals surface area contributed by atoms with Gasteiger partial charge in [-0.1, -0.05) is 11.3 Å². The first kappa shape index (κ1) is 23.2. The minimum atomic E-state index is -3.03. The number of anilines is 1. The zero-order valence-corrected chi connectivity index (χ0v) is 18.9. The summed E-state index contributed by atoms with van der Waals surface area (Å²) in [6.45, 7) is -0.280. The van der Waals surface area contributed by atoms with Crippen LogP contribution >= 0.6 is 0 Å². The lowest BCUT2D eigenvalue weighted by Gasteiger charge is -2.19. The smallest absolute Gasteiger partial charge is 0.281 e. The van der Waals surface area contributed by atoms with Crippen LogP contribution < -0.4 is 10.1 Å². The summed E-state index contributed by atoms with van der Waals surface area (Å²) in [5, 5.41) is 14.4. The van der Waals surface area contributed by atoms with Gasteiger partial charge in [-0.25, -0.2) is 31.1 Å². The fraction of sp³-hybridized carbons (Fsp3) is 0.429. The number of aromatic nitrogens is 6. The van der Waals surface area contributed by atoms with Crippen LogP contribution in [0, 0.1) is 5.82 Å². The van der Waals surface area contributed by atoms with Crippen molar-refractivity contribution in [3.05, 3.63) is 30.2 Å². The van der Waals surface area contributed by atoms with Crippen molar-refractivity contribution in [2.75, 3.05) is 32.6 Å². The highest BCUT2D eigenvalue weighted by atomic mass is 19.3.